The minimum absolute atomic E-state index is 0.0551. The van der Waals surface area contributed by atoms with Crippen molar-refractivity contribution in [1.82, 2.24) is 4.98 Å². The quantitative estimate of drug-likeness (QED) is 0.729. The second-order valence-electron chi connectivity index (χ2n) is 2.72. The van der Waals surface area contributed by atoms with Gasteiger partial charge in [0.2, 0.25) is 5.78 Å². The van der Waals surface area contributed by atoms with Crippen molar-refractivity contribution in [3.05, 3.63) is 48.2 Å². The van der Waals surface area contributed by atoms with Crippen molar-refractivity contribution in [2.45, 2.75) is 0 Å². The number of rotatable bonds is 2. The summed E-state index contributed by atoms with van der Waals surface area (Å²) in [5, 5.41) is 9.40. The molecule has 4 heteroatoms. The van der Waals surface area contributed by atoms with Gasteiger partial charge in [0.1, 0.15) is 17.7 Å². The number of hydrogen-bond acceptors (Lipinski definition) is 4. The maximum atomic E-state index is 11.6. The van der Waals surface area contributed by atoms with Crippen molar-refractivity contribution in [2.24, 2.45) is 0 Å². The molecule has 4 nitrogen and oxygen atoms in total. The van der Waals surface area contributed by atoms with Gasteiger partial charge in [-0.1, -0.05) is 12.1 Å². The number of ketones is 1. The Morgan fingerprint density at radius 1 is 1.36 bits per heavy atom. The minimum atomic E-state index is -0.350. The van der Waals surface area contributed by atoms with E-state index in [2.05, 4.69) is 9.40 Å². The van der Waals surface area contributed by atoms with Crippen LogP contribution in [0.2, 0.25) is 0 Å². The summed E-state index contributed by atoms with van der Waals surface area (Å²) in [6, 6.07) is 6.31. The van der Waals surface area contributed by atoms with Gasteiger partial charge in [0.25, 0.3) is 0 Å². The van der Waals surface area contributed by atoms with Crippen LogP contribution < -0.4 is 0 Å². The molecule has 1 N–H and O–H groups in total. The first kappa shape index (κ1) is 8.50. The van der Waals surface area contributed by atoms with E-state index in [9.17, 15) is 9.90 Å². The highest BCUT2D eigenvalue weighted by molar-refractivity contribution is 6.09. The zero-order chi connectivity index (χ0) is 9.97. The van der Waals surface area contributed by atoms with Crippen LogP contribution in [0.15, 0.2) is 41.3 Å². The number of nitrogens with zero attached hydrogens (tertiary/aromatic N) is 1. The molecular weight excluding hydrogens is 182 g/mol. The zero-order valence-electron chi connectivity index (χ0n) is 7.18. The monoisotopic (exact) mass is 189 g/mol. The molecule has 0 amide bonds. The maximum absolute atomic E-state index is 11.6. The molecule has 1 heterocycles. The molecule has 0 aliphatic heterocycles. The minimum Gasteiger partial charge on any atom is -0.507 e. The fraction of sp³-hybridized carbons (Fsp3) is 0. The Kier molecular flexibility index (Phi) is 2.02. The van der Waals surface area contributed by atoms with E-state index in [1.807, 2.05) is 0 Å². The summed E-state index contributed by atoms with van der Waals surface area (Å²) in [6.45, 7) is 0. The fourth-order valence-corrected chi connectivity index (χ4v) is 1.13. The van der Waals surface area contributed by atoms with Crippen molar-refractivity contribution < 1.29 is 14.3 Å². The molecule has 0 bridgehead atoms. The van der Waals surface area contributed by atoms with Gasteiger partial charge >= 0.3 is 0 Å². The van der Waals surface area contributed by atoms with Crippen LogP contribution in [0.25, 0.3) is 0 Å². The van der Waals surface area contributed by atoms with E-state index < -0.39 is 0 Å². The molecule has 2 aromatic rings. The van der Waals surface area contributed by atoms with E-state index in [4.69, 9.17) is 0 Å². The van der Waals surface area contributed by atoms with E-state index in [-0.39, 0.29) is 22.8 Å². The van der Waals surface area contributed by atoms with Crippen LogP contribution in [0.3, 0.4) is 0 Å². The normalized spacial score (nSPS) is 10.0. The molecule has 0 unspecified atom stereocenters. The van der Waals surface area contributed by atoms with E-state index in [0.717, 1.165) is 0 Å². The molecule has 0 saturated heterocycles. The topological polar surface area (TPSA) is 63.3 Å². The van der Waals surface area contributed by atoms with Gasteiger partial charge in [-0.25, -0.2) is 4.98 Å². The molecule has 0 saturated carbocycles. The number of carbonyl (C=O) groups excluding carboxylic acids is 1. The summed E-state index contributed by atoms with van der Waals surface area (Å²) >= 11 is 0. The van der Waals surface area contributed by atoms with Crippen LogP contribution in [0.5, 0.6) is 5.75 Å². The summed E-state index contributed by atoms with van der Waals surface area (Å²) in [4.78, 5) is 15.4. The Labute approximate surface area is 79.8 Å². The van der Waals surface area contributed by atoms with Crippen LogP contribution in [0.4, 0.5) is 0 Å². The first-order chi connectivity index (χ1) is 6.79. The summed E-state index contributed by atoms with van der Waals surface area (Å²) in [7, 11) is 0. The predicted molar refractivity (Wildman–Crippen MR) is 48.0 cm³/mol. The number of aromatic nitrogens is 1. The number of para-hydroxylation sites is 1. The molecule has 0 aliphatic rings. The van der Waals surface area contributed by atoms with Gasteiger partial charge < -0.3 is 9.52 Å². The third-order valence-corrected chi connectivity index (χ3v) is 1.81. The number of carbonyl (C=O) groups is 1. The van der Waals surface area contributed by atoms with Crippen molar-refractivity contribution in [3.8, 4) is 5.75 Å². The Bertz CT molecular complexity index is 448. The number of oxazole rings is 1. The van der Waals surface area contributed by atoms with Crippen LogP contribution in [-0.2, 0) is 0 Å². The molecule has 70 valence electrons. The summed E-state index contributed by atoms with van der Waals surface area (Å²) < 4.78 is 4.68. The predicted octanol–water partition coefficient (Wildman–Crippen LogP) is 1.61. The van der Waals surface area contributed by atoms with Crippen molar-refractivity contribution in [2.75, 3.05) is 0 Å². The third-order valence-electron chi connectivity index (χ3n) is 1.81. The van der Waals surface area contributed by atoms with E-state index >= 15 is 0 Å². The summed E-state index contributed by atoms with van der Waals surface area (Å²) in [5.74, 6) is -0.405. The van der Waals surface area contributed by atoms with Gasteiger partial charge in [-0.3, -0.25) is 4.79 Å². The van der Waals surface area contributed by atoms with Gasteiger partial charge in [-0.15, -0.1) is 0 Å². The number of hydrogen-bond donors (Lipinski definition) is 1. The first-order valence-electron chi connectivity index (χ1n) is 4.00. The van der Waals surface area contributed by atoms with E-state index in [0.29, 0.717) is 0 Å². The number of aromatic hydroxyl groups is 1. The molecule has 0 aliphatic carbocycles. The van der Waals surface area contributed by atoms with Crippen molar-refractivity contribution >= 4 is 5.78 Å². The van der Waals surface area contributed by atoms with Gasteiger partial charge in [-0.05, 0) is 12.1 Å². The molecule has 0 atom stereocenters. The van der Waals surface area contributed by atoms with Crippen LogP contribution in [0.1, 0.15) is 16.1 Å². The van der Waals surface area contributed by atoms with Crippen molar-refractivity contribution in [1.29, 1.82) is 0 Å². The lowest BCUT2D eigenvalue weighted by Gasteiger charge is -1.99. The SMILES string of the molecule is O=C(c1cocn1)c1ccccc1O. The molecule has 0 spiro atoms. The van der Waals surface area contributed by atoms with Gasteiger partial charge in [0, 0.05) is 0 Å². The number of phenols is 1. The van der Waals surface area contributed by atoms with Gasteiger partial charge in [0.05, 0.1) is 5.56 Å². The highest BCUT2D eigenvalue weighted by Gasteiger charge is 2.14. The number of benzene rings is 1. The average Bonchev–Trinajstić information content (AvgIpc) is 2.70. The van der Waals surface area contributed by atoms with Gasteiger partial charge in [-0.2, -0.15) is 0 Å². The lowest BCUT2D eigenvalue weighted by atomic mass is 10.1. The van der Waals surface area contributed by atoms with Gasteiger partial charge in [0.15, 0.2) is 6.39 Å². The van der Waals surface area contributed by atoms with Crippen LogP contribution in [-0.4, -0.2) is 15.9 Å². The standard InChI is InChI=1S/C10H7NO3/c12-9-4-2-1-3-7(9)10(13)8-5-14-6-11-8/h1-6,12H. The molecular formula is C10H7NO3. The molecule has 14 heavy (non-hydrogen) atoms. The molecule has 1 aromatic heterocycles. The van der Waals surface area contributed by atoms with E-state index in [1.165, 1.54) is 24.8 Å². The molecule has 0 fully saturated rings. The molecule has 2 rings (SSSR count). The Hall–Kier alpha value is -2.10. The lowest BCUT2D eigenvalue weighted by Crippen LogP contribution is -2.01. The third kappa shape index (κ3) is 1.37. The maximum Gasteiger partial charge on any atom is 0.218 e. The molecule has 1 aromatic carbocycles. The smallest absolute Gasteiger partial charge is 0.218 e. The lowest BCUT2D eigenvalue weighted by molar-refractivity contribution is 0.103. The Balaban J connectivity index is 2.42. The highest BCUT2D eigenvalue weighted by atomic mass is 16.3. The second-order valence-corrected chi connectivity index (χ2v) is 2.72. The summed E-state index contributed by atoms with van der Waals surface area (Å²) in [5.41, 5.74) is 0.410. The van der Waals surface area contributed by atoms with E-state index in [1.54, 1.807) is 12.1 Å². The number of phenolic OH excluding ortho intramolecular Hbond substituents is 1. The van der Waals surface area contributed by atoms with Crippen molar-refractivity contribution in [3.63, 3.8) is 0 Å². The highest BCUT2D eigenvalue weighted by Crippen LogP contribution is 2.18. The average molecular weight is 189 g/mol. The zero-order valence-corrected chi connectivity index (χ0v) is 7.18. The Morgan fingerprint density at radius 2 is 2.14 bits per heavy atom. The van der Waals surface area contributed by atoms with Crippen LogP contribution in [0, 0.1) is 0 Å². The summed E-state index contributed by atoms with van der Waals surface area (Å²) in [6.07, 6.45) is 2.42. The fourth-order valence-electron chi connectivity index (χ4n) is 1.13. The second kappa shape index (κ2) is 3.33. The Morgan fingerprint density at radius 3 is 2.79 bits per heavy atom. The first-order valence-corrected chi connectivity index (χ1v) is 4.00. The van der Waals surface area contributed by atoms with Crippen LogP contribution >= 0.6 is 0 Å². The largest absolute Gasteiger partial charge is 0.507 e. The molecule has 0 radical (unpaired) electrons.